The van der Waals surface area contributed by atoms with Gasteiger partial charge in [-0.1, -0.05) is 19.1 Å². The van der Waals surface area contributed by atoms with E-state index in [0.717, 1.165) is 63.1 Å². The Morgan fingerprint density at radius 3 is 2.50 bits per heavy atom. The first-order valence-electron chi connectivity index (χ1n) is 9.87. The van der Waals surface area contributed by atoms with E-state index < -0.39 is 0 Å². The number of aliphatic imine (C=N–C) groups is 1. The molecular formula is C20H34IN5O2. The van der Waals surface area contributed by atoms with Crippen molar-refractivity contribution in [1.29, 1.82) is 0 Å². The third kappa shape index (κ3) is 7.37. The molecule has 28 heavy (non-hydrogen) atoms. The van der Waals surface area contributed by atoms with Crippen LogP contribution in [0.4, 0.5) is 5.69 Å². The van der Waals surface area contributed by atoms with Gasteiger partial charge in [0.15, 0.2) is 5.96 Å². The minimum absolute atomic E-state index is 0. The number of carbonyl (C=O) groups excluding carboxylic acids is 1. The quantitative estimate of drug-likeness (QED) is 0.324. The molecule has 1 amide bonds. The highest BCUT2D eigenvalue weighted by Gasteiger charge is 2.21. The molecule has 1 saturated heterocycles. The number of rotatable bonds is 8. The van der Waals surface area contributed by atoms with Crippen LogP contribution < -0.4 is 20.3 Å². The van der Waals surface area contributed by atoms with Crippen molar-refractivity contribution in [3.8, 4) is 5.75 Å². The summed E-state index contributed by atoms with van der Waals surface area (Å²) < 4.78 is 5.49. The SMILES string of the molecule is CCCNC(=O)CCN=C(NCC)N1CCN(c2ccccc2OC)CC1.I. The maximum Gasteiger partial charge on any atom is 0.221 e. The molecule has 0 saturated carbocycles. The van der Waals surface area contributed by atoms with Crippen molar-refractivity contribution < 1.29 is 9.53 Å². The molecule has 158 valence electrons. The standard InChI is InChI=1S/C20H33N5O2.HI/c1-4-11-22-19(26)10-12-23-20(21-5-2)25-15-13-24(14-16-25)17-8-6-7-9-18(17)27-3;/h6-9H,4-5,10-16H2,1-3H3,(H,21,23)(H,22,26);1H. The Kier molecular flexibility index (Phi) is 11.7. The van der Waals surface area contributed by atoms with Gasteiger partial charge in [-0.25, -0.2) is 0 Å². The van der Waals surface area contributed by atoms with E-state index in [0.29, 0.717) is 13.0 Å². The number of guanidine groups is 1. The number of halogens is 1. The molecule has 0 radical (unpaired) electrons. The lowest BCUT2D eigenvalue weighted by atomic mass is 10.2. The topological polar surface area (TPSA) is 69.2 Å². The summed E-state index contributed by atoms with van der Waals surface area (Å²) >= 11 is 0. The van der Waals surface area contributed by atoms with E-state index in [2.05, 4.69) is 38.4 Å². The zero-order chi connectivity index (χ0) is 19.5. The van der Waals surface area contributed by atoms with Gasteiger partial charge in [-0.05, 0) is 25.5 Å². The molecule has 0 bridgehead atoms. The van der Waals surface area contributed by atoms with Gasteiger partial charge in [0.25, 0.3) is 0 Å². The van der Waals surface area contributed by atoms with E-state index in [-0.39, 0.29) is 29.9 Å². The first-order valence-corrected chi connectivity index (χ1v) is 9.87. The number of ether oxygens (including phenoxy) is 1. The minimum Gasteiger partial charge on any atom is -0.495 e. The Bertz CT molecular complexity index is 618. The Balaban J connectivity index is 0.00000392. The summed E-state index contributed by atoms with van der Waals surface area (Å²) in [4.78, 5) is 21.0. The number of methoxy groups -OCH3 is 1. The van der Waals surface area contributed by atoms with Gasteiger partial charge in [0, 0.05) is 45.7 Å². The van der Waals surface area contributed by atoms with Crippen molar-refractivity contribution in [1.82, 2.24) is 15.5 Å². The third-order valence-electron chi connectivity index (χ3n) is 4.51. The molecule has 7 nitrogen and oxygen atoms in total. The van der Waals surface area contributed by atoms with Gasteiger partial charge >= 0.3 is 0 Å². The molecule has 0 spiro atoms. The van der Waals surface area contributed by atoms with Crippen LogP contribution in [-0.2, 0) is 4.79 Å². The Morgan fingerprint density at radius 2 is 1.86 bits per heavy atom. The lowest BCUT2D eigenvalue weighted by Gasteiger charge is -2.38. The molecule has 8 heteroatoms. The number of benzene rings is 1. The Hall–Kier alpha value is -1.71. The van der Waals surface area contributed by atoms with Crippen LogP contribution in [0.5, 0.6) is 5.75 Å². The first kappa shape index (κ1) is 24.3. The molecular weight excluding hydrogens is 469 g/mol. The fraction of sp³-hybridized carbons (Fsp3) is 0.600. The van der Waals surface area contributed by atoms with E-state index in [1.807, 2.05) is 25.1 Å². The van der Waals surface area contributed by atoms with Crippen LogP contribution in [0.3, 0.4) is 0 Å². The van der Waals surface area contributed by atoms with Crippen LogP contribution in [0.25, 0.3) is 0 Å². The van der Waals surface area contributed by atoms with Crippen LogP contribution in [-0.4, -0.2) is 69.7 Å². The number of anilines is 1. The van der Waals surface area contributed by atoms with Crippen molar-refractivity contribution in [3.05, 3.63) is 24.3 Å². The van der Waals surface area contributed by atoms with Crippen molar-refractivity contribution in [3.63, 3.8) is 0 Å². The van der Waals surface area contributed by atoms with Crippen LogP contribution in [0, 0.1) is 0 Å². The predicted molar refractivity (Wildman–Crippen MR) is 126 cm³/mol. The number of hydrogen-bond donors (Lipinski definition) is 2. The number of amides is 1. The summed E-state index contributed by atoms with van der Waals surface area (Å²) in [5.41, 5.74) is 1.13. The van der Waals surface area contributed by atoms with Crippen LogP contribution in [0.15, 0.2) is 29.3 Å². The minimum atomic E-state index is 0. The van der Waals surface area contributed by atoms with Gasteiger partial charge in [0.2, 0.25) is 5.91 Å². The predicted octanol–water partition coefficient (Wildman–Crippen LogP) is 2.32. The second-order valence-corrected chi connectivity index (χ2v) is 6.48. The second-order valence-electron chi connectivity index (χ2n) is 6.48. The average Bonchev–Trinajstić information content (AvgIpc) is 2.71. The molecule has 0 aliphatic carbocycles. The summed E-state index contributed by atoms with van der Waals surface area (Å²) in [6.45, 7) is 9.73. The molecule has 2 N–H and O–H groups in total. The third-order valence-corrected chi connectivity index (χ3v) is 4.51. The molecule has 1 heterocycles. The molecule has 2 rings (SSSR count). The molecule has 1 fully saturated rings. The van der Waals surface area contributed by atoms with Gasteiger partial charge in [-0.15, -0.1) is 24.0 Å². The van der Waals surface area contributed by atoms with Gasteiger partial charge in [-0.3, -0.25) is 9.79 Å². The van der Waals surface area contributed by atoms with Gasteiger partial charge in [0.05, 0.1) is 19.3 Å². The summed E-state index contributed by atoms with van der Waals surface area (Å²) in [7, 11) is 1.71. The maximum absolute atomic E-state index is 11.7. The largest absolute Gasteiger partial charge is 0.495 e. The molecule has 0 atom stereocenters. The molecule has 1 aromatic carbocycles. The number of piperazine rings is 1. The van der Waals surface area contributed by atoms with Gasteiger partial charge in [0.1, 0.15) is 5.75 Å². The summed E-state index contributed by atoms with van der Waals surface area (Å²) in [5.74, 6) is 1.86. The van der Waals surface area contributed by atoms with Gasteiger partial charge < -0.3 is 25.2 Å². The fourth-order valence-corrected chi connectivity index (χ4v) is 3.09. The summed E-state index contributed by atoms with van der Waals surface area (Å²) in [5, 5.41) is 6.24. The van der Waals surface area contributed by atoms with E-state index in [9.17, 15) is 4.79 Å². The highest BCUT2D eigenvalue weighted by Crippen LogP contribution is 2.28. The Morgan fingerprint density at radius 1 is 1.14 bits per heavy atom. The lowest BCUT2D eigenvalue weighted by molar-refractivity contribution is -0.120. The Labute approximate surface area is 185 Å². The summed E-state index contributed by atoms with van der Waals surface area (Å²) in [6, 6.07) is 8.13. The zero-order valence-electron chi connectivity index (χ0n) is 17.2. The number of hydrogen-bond acceptors (Lipinski definition) is 4. The average molecular weight is 503 g/mol. The number of nitrogens with zero attached hydrogens (tertiary/aromatic N) is 3. The van der Waals surface area contributed by atoms with E-state index >= 15 is 0 Å². The molecule has 1 aliphatic rings. The van der Waals surface area contributed by atoms with E-state index in [4.69, 9.17) is 4.74 Å². The molecule has 1 aromatic rings. The number of carbonyl (C=O) groups is 1. The van der Waals surface area contributed by atoms with Crippen molar-refractivity contribution in [2.24, 2.45) is 4.99 Å². The monoisotopic (exact) mass is 503 g/mol. The van der Waals surface area contributed by atoms with Crippen molar-refractivity contribution in [2.75, 3.05) is 57.8 Å². The van der Waals surface area contributed by atoms with Crippen LogP contribution >= 0.6 is 24.0 Å². The molecule has 0 unspecified atom stereocenters. The highest BCUT2D eigenvalue weighted by atomic mass is 127. The summed E-state index contributed by atoms with van der Waals surface area (Å²) in [6.07, 6.45) is 1.38. The van der Waals surface area contributed by atoms with Gasteiger partial charge in [-0.2, -0.15) is 0 Å². The first-order chi connectivity index (χ1) is 13.2. The second kappa shape index (κ2) is 13.5. The normalized spacial score (nSPS) is 14.3. The lowest BCUT2D eigenvalue weighted by Crippen LogP contribution is -2.52. The smallest absolute Gasteiger partial charge is 0.221 e. The molecule has 0 aromatic heterocycles. The highest BCUT2D eigenvalue weighted by molar-refractivity contribution is 14.0. The van der Waals surface area contributed by atoms with E-state index in [1.165, 1.54) is 0 Å². The molecule has 1 aliphatic heterocycles. The number of nitrogens with one attached hydrogen (secondary N) is 2. The fourth-order valence-electron chi connectivity index (χ4n) is 3.09. The van der Waals surface area contributed by atoms with Crippen molar-refractivity contribution >= 4 is 41.5 Å². The maximum atomic E-state index is 11.7. The zero-order valence-corrected chi connectivity index (χ0v) is 19.6. The number of para-hydroxylation sites is 2. The van der Waals surface area contributed by atoms with Crippen molar-refractivity contribution in [2.45, 2.75) is 26.7 Å². The van der Waals surface area contributed by atoms with Crippen LogP contribution in [0.2, 0.25) is 0 Å². The van der Waals surface area contributed by atoms with Crippen LogP contribution in [0.1, 0.15) is 26.7 Å². The van der Waals surface area contributed by atoms with E-state index in [1.54, 1.807) is 7.11 Å².